The standard InChI is InChI=1S/C6H8O3/c1-6(9)2-4(3-6)5(7)8/h2,9H,3H2,1H3,(H,7,8). The first kappa shape index (κ1) is 6.29. The Hall–Kier alpha value is -0.830. The Balaban J connectivity index is 2.65. The molecule has 2 N–H and O–H groups in total. The first-order valence-corrected chi connectivity index (χ1v) is 2.69. The van der Waals surface area contributed by atoms with E-state index in [0.717, 1.165) is 0 Å². The molecule has 0 aromatic rings. The molecule has 0 spiro atoms. The number of carboxylic acid groups (broad SMARTS) is 1. The number of rotatable bonds is 1. The van der Waals surface area contributed by atoms with Crippen LogP contribution in [0.5, 0.6) is 0 Å². The molecule has 0 aromatic heterocycles. The van der Waals surface area contributed by atoms with Gasteiger partial charge in [-0.15, -0.1) is 0 Å². The molecule has 0 heterocycles. The molecule has 50 valence electrons. The number of hydrogen-bond donors (Lipinski definition) is 2. The van der Waals surface area contributed by atoms with Crippen LogP contribution in [0.2, 0.25) is 0 Å². The van der Waals surface area contributed by atoms with Crippen LogP contribution in [0.1, 0.15) is 13.3 Å². The molecule has 0 saturated carbocycles. The van der Waals surface area contributed by atoms with Gasteiger partial charge in [-0.1, -0.05) is 0 Å². The van der Waals surface area contributed by atoms with Gasteiger partial charge in [0.2, 0.25) is 0 Å². The van der Waals surface area contributed by atoms with Crippen molar-refractivity contribution in [2.75, 3.05) is 0 Å². The summed E-state index contributed by atoms with van der Waals surface area (Å²) in [5, 5.41) is 17.3. The van der Waals surface area contributed by atoms with Gasteiger partial charge in [-0.25, -0.2) is 4.79 Å². The van der Waals surface area contributed by atoms with Gasteiger partial charge >= 0.3 is 5.97 Å². The van der Waals surface area contributed by atoms with Crippen molar-refractivity contribution in [3.05, 3.63) is 11.6 Å². The third-order valence-corrected chi connectivity index (χ3v) is 1.31. The van der Waals surface area contributed by atoms with Gasteiger partial charge in [0.25, 0.3) is 0 Å². The quantitative estimate of drug-likeness (QED) is 0.528. The maximum atomic E-state index is 10.1. The van der Waals surface area contributed by atoms with Gasteiger partial charge in [0.1, 0.15) is 0 Å². The van der Waals surface area contributed by atoms with Crippen LogP contribution >= 0.6 is 0 Å². The molecule has 3 heteroatoms. The second kappa shape index (κ2) is 1.57. The molecule has 1 aliphatic carbocycles. The van der Waals surface area contributed by atoms with Crippen LogP contribution < -0.4 is 0 Å². The average molecular weight is 128 g/mol. The van der Waals surface area contributed by atoms with Gasteiger partial charge in [0.05, 0.1) is 5.60 Å². The monoisotopic (exact) mass is 128 g/mol. The minimum absolute atomic E-state index is 0.266. The fourth-order valence-corrected chi connectivity index (χ4v) is 0.869. The highest BCUT2D eigenvalue weighted by molar-refractivity contribution is 5.89. The molecular formula is C6H8O3. The van der Waals surface area contributed by atoms with Crippen molar-refractivity contribution in [3.63, 3.8) is 0 Å². The topological polar surface area (TPSA) is 57.5 Å². The third kappa shape index (κ3) is 1.10. The maximum absolute atomic E-state index is 10.1. The lowest BCUT2D eigenvalue weighted by Gasteiger charge is -2.28. The molecule has 0 bridgehead atoms. The van der Waals surface area contributed by atoms with Crippen LogP contribution in [0.3, 0.4) is 0 Å². The summed E-state index contributed by atoms with van der Waals surface area (Å²) in [5.41, 5.74) is -0.562. The molecule has 1 atom stereocenters. The van der Waals surface area contributed by atoms with Crippen LogP contribution in [0.25, 0.3) is 0 Å². The van der Waals surface area contributed by atoms with E-state index in [-0.39, 0.29) is 6.42 Å². The summed E-state index contributed by atoms with van der Waals surface area (Å²) in [5.74, 6) is -0.929. The van der Waals surface area contributed by atoms with E-state index < -0.39 is 11.6 Å². The highest BCUT2D eigenvalue weighted by atomic mass is 16.4. The number of carboxylic acids is 1. The fourth-order valence-electron chi connectivity index (χ4n) is 0.869. The summed E-state index contributed by atoms with van der Waals surface area (Å²) in [6.07, 6.45) is 1.62. The van der Waals surface area contributed by atoms with E-state index in [2.05, 4.69) is 0 Å². The highest BCUT2D eigenvalue weighted by Crippen LogP contribution is 2.29. The zero-order chi connectivity index (χ0) is 7.07. The minimum Gasteiger partial charge on any atom is -0.478 e. The molecule has 0 saturated heterocycles. The zero-order valence-corrected chi connectivity index (χ0v) is 5.09. The fraction of sp³-hybridized carbons (Fsp3) is 0.500. The van der Waals surface area contributed by atoms with Crippen molar-refractivity contribution in [2.24, 2.45) is 0 Å². The van der Waals surface area contributed by atoms with Crippen molar-refractivity contribution in [3.8, 4) is 0 Å². The number of aliphatic carboxylic acids is 1. The average Bonchev–Trinajstić information content (AvgIpc) is 1.59. The van der Waals surface area contributed by atoms with Gasteiger partial charge in [0, 0.05) is 12.0 Å². The van der Waals surface area contributed by atoms with E-state index in [1.807, 2.05) is 0 Å². The van der Waals surface area contributed by atoms with Crippen molar-refractivity contribution >= 4 is 5.97 Å². The Morgan fingerprint density at radius 2 is 2.33 bits per heavy atom. The van der Waals surface area contributed by atoms with E-state index >= 15 is 0 Å². The predicted octanol–water partition coefficient (Wildman–Crippen LogP) is 0.152. The summed E-state index contributed by atoms with van der Waals surface area (Å²) in [4.78, 5) is 10.1. The van der Waals surface area contributed by atoms with Gasteiger partial charge in [0.15, 0.2) is 0 Å². The highest BCUT2D eigenvalue weighted by Gasteiger charge is 2.32. The van der Waals surface area contributed by atoms with Crippen LogP contribution in [-0.4, -0.2) is 21.8 Å². The molecule has 1 rings (SSSR count). The molecule has 0 radical (unpaired) electrons. The lowest BCUT2D eigenvalue weighted by Crippen LogP contribution is -2.33. The summed E-state index contributed by atoms with van der Waals surface area (Å²) < 4.78 is 0. The van der Waals surface area contributed by atoms with Gasteiger partial charge in [-0.05, 0) is 13.0 Å². The smallest absolute Gasteiger partial charge is 0.331 e. The molecule has 3 nitrogen and oxygen atoms in total. The lowest BCUT2D eigenvalue weighted by atomic mass is 9.84. The second-order valence-corrected chi connectivity index (χ2v) is 2.51. The molecule has 0 fully saturated rings. The summed E-state index contributed by atoms with van der Waals surface area (Å²) in [6.45, 7) is 1.58. The van der Waals surface area contributed by atoms with E-state index in [9.17, 15) is 4.79 Å². The van der Waals surface area contributed by atoms with Crippen molar-refractivity contribution in [1.29, 1.82) is 0 Å². The van der Waals surface area contributed by atoms with Gasteiger partial charge in [-0.2, -0.15) is 0 Å². The molecule has 0 aromatic carbocycles. The largest absolute Gasteiger partial charge is 0.478 e. The number of carbonyl (C=O) groups is 1. The lowest BCUT2D eigenvalue weighted by molar-refractivity contribution is -0.134. The van der Waals surface area contributed by atoms with E-state index in [1.165, 1.54) is 6.08 Å². The Labute approximate surface area is 52.6 Å². The number of hydrogen-bond acceptors (Lipinski definition) is 2. The third-order valence-electron chi connectivity index (χ3n) is 1.31. The maximum Gasteiger partial charge on any atom is 0.331 e. The number of aliphatic hydroxyl groups is 1. The van der Waals surface area contributed by atoms with E-state index in [1.54, 1.807) is 6.92 Å². The Morgan fingerprint density at radius 3 is 2.44 bits per heavy atom. The molecule has 0 amide bonds. The summed E-state index contributed by atoms with van der Waals surface area (Å²) in [7, 11) is 0. The Bertz CT molecular complexity index is 179. The van der Waals surface area contributed by atoms with E-state index in [4.69, 9.17) is 10.2 Å². The minimum atomic E-state index is -0.929. The van der Waals surface area contributed by atoms with Gasteiger partial charge in [-0.3, -0.25) is 0 Å². The molecular weight excluding hydrogens is 120 g/mol. The normalized spacial score (nSPS) is 32.9. The molecule has 1 unspecified atom stereocenters. The summed E-state index contributed by atoms with van der Waals surface area (Å²) in [6, 6.07) is 0. The molecule has 1 aliphatic rings. The van der Waals surface area contributed by atoms with Crippen molar-refractivity contribution < 1.29 is 15.0 Å². The van der Waals surface area contributed by atoms with Crippen LogP contribution in [0.4, 0.5) is 0 Å². The second-order valence-electron chi connectivity index (χ2n) is 2.51. The predicted molar refractivity (Wildman–Crippen MR) is 31.0 cm³/mol. The zero-order valence-electron chi connectivity index (χ0n) is 5.09. The van der Waals surface area contributed by atoms with Gasteiger partial charge < -0.3 is 10.2 Å². The van der Waals surface area contributed by atoms with Crippen LogP contribution in [0.15, 0.2) is 11.6 Å². The Morgan fingerprint density at radius 1 is 1.89 bits per heavy atom. The SMILES string of the molecule is CC1(O)C=C(C(=O)O)C1. The van der Waals surface area contributed by atoms with Crippen molar-refractivity contribution in [1.82, 2.24) is 0 Å². The van der Waals surface area contributed by atoms with Crippen LogP contribution in [-0.2, 0) is 4.79 Å². The first-order valence-electron chi connectivity index (χ1n) is 2.69. The first-order chi connectivity index (χ1) is 4.01. The summed E-state index contributed by atoms with van der Waals surface area (Å²) >= 11 is 0. The van der Waals surface area contributed by atoms with Crippen LogP contribution in [0, 0.1) is 0 Å². The van der Waals surface area contributed by atoms with E-state index in [0.29, 0.717) is 5.57 Å². The molecule has 9 heavy (non-hydrogen) atoms. The molecule has 0 aliphatic heterocycles. The Kier molecular flexibility index (Phi) is 1.10. The van der Waals surface area contributed by atoms with Crippen molar-refractivity contribution in [2.45, 2.75) is 18.9 Å².